The monoisotopic (exact) mass is 278 g/mol. The maximum absolute atomic E-state index is 11.5. The van der Waals surface area contributed by atoms with Crippen molar-refractivity contribution < 1.29 is 14.3 Å². The summed E-state index contributed by atoms with van der Waals surface area (Å²) in [5.74, 6) is 0.382. The van der Waals surface area contributed by atoms with E-state index in [0.29, 0.717) is 11.8 Å². The lowest BCUT2D eigenvalue weighted by Gasteiger charge is -2.21. The minimum atomic E-state index is -0.666. The van der Waals surface area contributed by atoms with Crippen LogP contribution >= 0.6 is 0 Å². The number of hydrogen-bond acceptors (Lipinski definition) is 5. The van der Waals surface area contributed by atoms with Crippen LogP contribution < -0.4 is 10.1 Å². The molecule has 20 heavy (non-hydrogen) atoms. The van der Waals surface area contributed by atoms with Crippen LogP contribution in [0.2, 0.25) is 0 Å². The minimum Gasteiger partial charge on any atom is -0.491 e. The molecule has 0 aliphatic heterocycles. The topological polar surface area (TPSA) is 60.5 Å². The Hall–Kier alpha value is -1.62. The van der Waals surface area contributed by atoms with Crippen molar-refractivity contribution in [1.82, 2.24) is 10.3 Å². The van der Waals surface area contributed by atoms with E-state index in [0.717, 1.165) is 12.2 Å². The Morgan fingerprint density at radius 1 is 1.45 bits per heavy atom. The van der Waals surface area contributed by atoms with E-state index in [2.05, 4.69) is 10.3 Å². The van der Waals surface area contributed by atoms with Gasteiger partial charge in [0.1, 0.15) is 12.4 Å². The molecule has 1 N–H and O–H groups in total. The Morgan fingerprint density at radius 2 is 2.20 bits per heavy atom. The van der Waals surface area contributed by atoms with Gasteiger partial charge in [-0.05, 0) is 38.8 Å². The Kier molecular flexibility index (Phi) is 4.60. The van der Waals surface area contributed by atoms with E-state index in [-0.39, 0.29) is 12.6 Å². The van der Waals surface area contributed by atoms with E-state index in [4.69, 9.17) is 9.47 Å². The van der Waals surface area contributed by atoms with E-state index >= 15 is 0 Å². The minimum absolute atomic E-state index is 0.265. The third kappa shape index (κ3) is 4.20. The smallest absolute Gasteiger partial charge is 0.314 e. The van der Waals surface area contributed by atoms with Gasteiger partial charge in [-0.2, -0.15) is 0 Å². The molecule has 0 saturated heterocycles. The van der Waals surface area contributed by atoms with Gasteiger partial charge in [0.25, 0.3) is 0 Å². The van der Waals surface area contributed by atoms with Gasteiger partial charge in [0.15, 0.2) is 0 Å². The first-order valence-electron chi connectivity index (χ1n) is 6.91. The van der Waals surface area contributed by atoms with Crippen LogP contribution in [-0.2, 0) is 16.1 Å². The van der Waals surface area contributed by atoms with E-state index in [1.54, 1.807) is 20.0 Å². The fraction of sp³-hybridized carbons (Fsp3) is 0.600. The molecule has 0 atom stereocenters. The number of nitrogens with zero attached hydrogens (tertiary/aromatic N) is 1. The van der Waals surface area contributed by atoms with Gasteiger partial charge in [0.2, 0.25) is 0 Å². The van der Waals surface area contributed by atoms with Gasteiger partial charge in [-0.3, -0.25) is 9.78 Å². The van der Waals surface area contributed by atoms with Crippen molar-refractivity contribution in [2.75, 3.05) is 13.7 Å². The van der Waals surface area contributed by atoms with Crippen LogP contribution in [-0.4, -0.2) is 30.7 Å². The summed E-state index contributed by atoms with van der Waals surface area (Å²) in [5, 5.41) is 3.41. The van der Waals surface area contributed by atoms with Gasteiger partial charge in [-0.15, -0.1) is 0 Å². The molecule has 1 heterocycles. The van der Waals surface area contributed by atoms with Crippen molar-refractivity contribution in [3.63, 3.8) is 0 Å². The highest BCUT2D eigenvalue weighted by Crippen LogP contribution is 2.21. The Labute approximate surface area is 119 Å². The van der Waals surface area contributed by atoms with E-state index in [9.17, 15) is 4.79 Å². The first-order valence-corrected chi connectivity index (χ1v) is 6.91. The number of pyridine rings is 1. The number of aromatic nitrogens is 1. The van der Waals surface area contributed by atoms with Gasteiger partial charge in [0, 0.05) is 12.6 Å². The lowest BCUT2D eigenvalue weighted by Crippen LogP contribution is -2.32. The number of rotatable bonds is 7. The molecule has 0 bridgehead atoms. The summed E-state index contributed by atoms with van der Waals surface area (Å²) in [6, 6.07) is 4.49. The van der Waals surface area contributed by atoms with E-state index in [1.807, 2.05) is 12.1 Å². The third-order valence-electron chi connectivity index (χ3n) is 3.28. The summed E-state index contributed by atoms with van der Waals surface area (Å²) in [6.45, 7) is 4.64. The highest BCUT2D eigenvalue weighted by atomic mass is 16.5. The van der Waals surface area contributed by atoms with Gasteiger partial charge in [-0.25, -0.2) is 0 Å². The Bertz CT molecular complexity index is 453. The van der Waals surface area contributed by atoms with Crippen molar-refractivity contribution in [3.05, 3.63) is 24.0 Å². The second kappa shape index (κ2) is 6.22. The molecular weight excluding hydrogens is 256 g/mol. The summed E-state index contributed by atoms with van der Waals surface area (Å²) in [5.41, 5.74) is 0.331. The van der Waals surface area contributed by atoms with Crippen molar-refractivity contribution in [2.24, 2.45) is 5.41 Å². The second-order valence-electron chi connectivity index (χ2n) is 5.80. The summed E-state index contributed by atoms with van der Waals surface area (Å²) in [6.07, 6.45) is 4.23. The summed E-state index contributed by atoms with van der Waals surface area (Å²) in [7, 11) is 1.38. The first-order chi connectivity index (χ1) is 9.51. The fourth-order valence-corrected chi connectivity index (χ4v) is 1.74. The molecule has 0 unspecified atom stereocenters. The van der Waals surface area contributed by atoms with Crippen LogP contribution in [0.5, 0.6) is 5.75 Å². The molecular formula is C15H22N2O3. The quantitative estimate of drug-likeness (QED) is 0.772. The maximum Gasteiger partial charge on any atom is 0.314 e. The predicted octanol–water partition coefficient (Wildman–Crippen LogP) is 1.91. The van der Waals surface area contributed by atoms with Crippen LogP contribution in [0.3, 0.4) is 0 Å². The van der Waals surface area contributed by atoms with Gasteiger partial charge in [0.05, 0.1) is 24.4 Å². The predicted molar refractivity (Wildman–Crippen MR) is 75.4 cm³/mol. The fourth-order valence-electron chi connectivity index (χ4n) is 1.74. The van der Waals surface area contributed by atoms with E-state index in [1.165, 1.54) is 20.0 Å². The molecule has 0 aromatic carbocycles. The van der Waals surface area contributed by atoms with Crippen molar-refractivity contribution in [2.45, 2.75) is 39.3 Å². The molecule has 2 rings (SSSR count). The molecule has 1 fully saturated rings. The number of carbonyl (C=O) groups excluding carboxylic acids is 1. The zero-order valence-corrected chi connectivity index (χ0v) is 12.3. The van der Waals surface area contributed by atoms with Crippen molar-refractivity contribution in [3.8, 4) is 5.75 Å². The van der Waals surface area contributed by atoms with Crippen LogP contribution in [0.4, 0.5) is 0 Å². The molecule has 0 radical (unpaired) electrons. The summed E-state index contributed by atoms with van der Waals surface area (Å²) < 4.78 is 10.3. The summed E-state index contributed by atoms with van der Waals surface area (Å²) >= 11 is 0. The normalized spacial score (nSPS) is 14.9. The summed E-state index contributed by atoms with van der Waals surface area (Å²) in [4.78, 5) is 15.9. The SMILES string of the molecule is COC(=O)C(C)(C)COc1ccc(CNC2CC2)nc1. The Balaban J connectivity index is 1.82. The van der Waals surface area contributed by atoms with Crippen LogP contribution in [0, 0.1) is 5.41 Å². The second-order valence-corrected chi connectivity index (χ2v) is 5.80. The van der Waals surface area contributed by atoms with Crippen molar-refractivity contribution in [1.29, 1.82) is 0 Å². The molecule has 110 valence electrons. The number of esters is 1. The average Bonchev–Trinajstić information content (AvgIpc) is 3.27. The average molecular weight is 278 g/mol. The highest BCUT2D eigenvalue weighted by molar-refractivity contribution is 5.75. The van der Waals surface area contributed by atoms with Crippen LogP contribution in [0.15, 0.2) is 18.3 Å². The number of carbonyl (C=O) groups is 1. The maximum atomic E-state index is 11.5. The molecule has 1 aromatic heterocycles. The van der Waals surface area contributed by atoms with Gasteiger partial charge < -0.3 is 14.8 Å². The molecule has 0 amide bonds. The number of nitrogens with one attached hydrogen (secondary N) is 1. The molecule has 1 aromatic rings. The number of methoxy groups -OCH3 is 1. The van der Waals surface area contributed by atoms with Crippen molar-refractivity contribution >= 4 is 5.97 Å². The number of hydrogen-bond donors (Lipinski definition) is 1. The van der Waals surface area contributed by atoms with Crippen LogP contribution in [0.25, 0.3) is 0 Å². The van der Waals surface area contributed by atoms with E-state index < -0.39 is 5.41 Å². The zero-order valence-electron chi connectivity index (χ0n) is 12.3. The van der Waals surface area contributed by atoms with Crippen LogP contribution in [0.1, 0.15) is 32.4 Å². The molecule has 1 saturated carbocycles. The highest BCUT2D eigenvalue weighted by Gasteiger charge is 2.29. The largest absolute Gasteiger partial charge is 0.491 e. The first kappa shape index (κ1) is 14.8. The standard InChI is InChI=1S/C15H22N2O3/c1-15(2,14(18)19-3)10-20-13-7-6-12(17-9-13)8-16-11-4-5-11/h6-7,9,11,16H,4-5,8,10H2,1-3H3. The number of ether oxygens (including phenoxy) is 2. The molecule has 5 nitrogen and oxygen atoms in total. The molecule has 1 aliphatic rings. The molecule has 0 spiro atoms. The lowest BCUT2D eigenvalue weighted by atomic mass is 9.95. The zero-order chi connectivity index (χ0) is 14.6. The van der Waals surface area contributed by atoms with Gasteiger partial charge in [-0.1, -0.05) is 0 Å². The van der Waals surface area contributed by atoms with Gasteiger partial charge >= 0.3 is 5.97 Å². The third-order valence-corrected chi connectivity index (χ3v) is 3.28. The Morgan fingerprint density at radius 3 is 2.75 bits per heavy atom. The lowest BCUT2D eigenvalue weighted by molar-refractivity contribution is -0.152. The molecule has 5 heteroatoms. The molecule has 1 aliphatic carbocycles.